The topological polar surface area (TPSA) is 64.6 Å². The van der Waals surface area contributed by atoms with Gasteiger partial charge in [0.25, 0.3) is 0 Å². The number of rotatable bonds is 6. The molecule has 2 aromatic rings. The van der Waals surface area contributed by atoms with Crippen molar-refractivity contribution in [3.05, 3.63) is 35.4 Å². The fourth-order valence-electron chi connectivity index (χ4n) is 4.35. The van der Waals surface area contributed by atoms with Crippen molar-refractivity contribution in [2.75, 3.05) is 34.7 Å². The Bertz CT molecular complexity index is 916. The van der Waals surface area contributed by atoms with Crippen LogP contribution in [0.1, 0.15) is 37.8 Å². The fraction of sp³-hybridized carbons (Fsp3) is 0.478. The quantitative estimate of drug-likeness (QED) is 0.693. The van der Waals surface area contributed by atoms with Crippen molar-refractivity contribution in [1.29, 1.82) is 0 Å². The van der Waals surface area contributed by atoms with Crippen LogP contribution in [-0.2, 0) is 4.74 Å². The molecule has 0 bridgehead atoms. The average Bonchev–Trinajstić information content (AvgIpc) is 3.19. The van der Waals surface area contributed by atoms with Gasteiger partial charge in [-0.25, -0.2) is 0 Å². The van der Waals surface area contributed by atoms with E-state index < -0.39 is 5.79 Å². The lowest BCUT2D eigenvalue weighted by Gasteiger charge is -2.45. The van der Waals surface area contributed by atoms with Crippen molar-refractivity contribution in [2.24, 2.45) is 5.92 Å². The Morgan fingerprint density at radius 3 is 2.13 bits per heavy atom. The van der Waals surface area contributed by atoms with Crippen molar-refractivity contribution in [3.8, 4) is 34.5 Å². The molecule has 30 heavy (non-hydrogen) atoms. The van der Waals surface area contributed by atoms with E-state index in [1.165, 1.54) is 0 Å². The lowest BCUT2D eigenvalue weighted by molar-refractivity contribution is -0.209. The molecule has 0 spiro atoms. The van der Waals surface area contributed by atoms with Crippen molar-refractivity contribution in [2.45, 2.75) is 32.5 Å². The predicted molar refractivity (Wildman–Crippen MR) is 110 cm³/mol. The maximum atomic E-state index is 6.36. The molecule has 0 saturated carbocycles. The second-order valence-corrected chi connectivity index (χ2v) is 7.52. The van der Waals surface area contributed by atoms with Gasteiger partial charge in [0.05, 0.1) is 21.3 Å². The molecule has 0 unspecified atom stereocenters. The molecule has 2 heterocycles. The SMILES string of the molecule is CCO[C@@]1(C)Oc2cc3c(cc2[C@@H](c2cc(OC)c(OC)c(OC)c2)[C@H]1C)OCO3. The molecule has 0 saturated heterocycles. The summed E-state index contributed by atoms with van der Waals surface area (Å²) in [6.45, 7) is 6.79. The van der Waals surface area contributed by atoms with Crippen LogP contribution in [0.5, 0.6) is 34.5 Å². The largest absolute Gasteiger partial charge is 0.493 e. The van der Waals surface area contributed by atoms with Crippen LogP contribution in [-0.4, -0.2) is 40.5 Å². The summed E-state index contributed by atoms with van der Waals surface area (Å²) in [4.78, 5) is 0. The lowest BCUT2D eigenvalue weighted by atomic mass is 9.75. The van der Waals surface area contributed by atoms with E-state index >= 15 is 0 Å². The molecule has 0 aliphatic carbocycles. The summed E-state index contributed by atoms with van der Waals surface area (Å²) in [6.07, 6.45) is 0. The van der Waals surface area contributed by atoms with Crippen LogP contribution in [0.15, 0.2) is 24.3 Å². The van der Waals surface area contributed by atoms with Crippen LogP contribution in [0.2, 0.25) is 0 Å². The molecule has 2 aromatic carbocycles. The third kappa shape index (κ3) is 3.17. The normalized spacial score (nSPS) is 24.1. The van der Waals surface area contributed by atoms with Crippen LogP contribution in [0.3, 0.4) is 0 Å². The molecule has 4 rings (SSSR count). The number of hydrogen-bond acceptors (Lipinski definition) is 7. The zero-order valence-corrected chi connectivity index (χ0v) is 18.2. The lowest BCUT2D eigenvalue weighted by Crippen LogP contribution is -2.48. The second kappa shape index (κ2) is 7.80. The van der Waals surface area contributed by atoms with Crippen LogP contribution in [0.4, 0.5) is 0 Å². The monoisotopic (exact) mass is 416 g/mol. The summed E-state index contributed by atoms with van der Waals surface area (Å²) in [5.41, 5.74) is 2.00. The Morgan fingerprint density at radius 1 is 0.933 bits per heavy atom. The number of methoxy groups -OCH3 is 3. The van der Waals surface area contributed by atoms with Crippen LogP contribution < -0.4 is 28.4 Å². The Balaban J connectivity index is 1.92. The maximum absolute atomic E-state index is 6.36. The summed E-state index contributed by atoms with van der Waals surface area (Å²) < 4.78 is 40.3. The molecule has 7 heteroatoms. The average molecular weight is 416 g/mol. The standard InChI is InChI=1S/C23H28O7/c1-7-29-23(3)13(2)21(14-8-19(24-4)22(26-6)20(9-14)25-5)15-10-17-18(28-12-27-17)11-16(15)30-23/h8-11,13,21H,7,12H2,1-6H3/t13-,21-,23+/m1/s1. The van der Waals surface area contributed by atoms with E-state index in [1.54, 1.807) is 21.3 Å². The van der Waals surface area contributed by atoms with Gasteiger partial charge in [0, 0.05) is 37.0 Å². The summed E-state index contributed by atoms with van der Waals surface area (Å²) in [5.74, 6) is 2.96. The molecule has 2 aliphatic rings. The first-order chi connectivity index (χ1) is 14.5. The Hall–Kier alpha value is -2.80. The van der Waals surface area contributed by atoms with Crippen molar-refractivity contribution in [1.82, 2.24) is 0 Å². The molecule has 0 radical (unpaired) electrons. The predicted octanol–water partition coefficient (Wildman–Crippen LogP) is 4.35. The van der Waals surface area contributed by atoms with Crippen LogP contribution in [0, 0.1) is 5.92 Å². The maximum Gasteiger partial charge on any atom is 0.231 e. The van der Waals surface area contributed by atoms with Gasteiger partial charge in [-0.05, 0) is 30.7 Å². The highest BCUT2D eigenvalue weighted by molar-refractivity contribution is 5.60. The first-order valence-electron chi connectivity index (χ1n) is 10.0. The highest BCUT2D eigenvalue weighted by Gasteiger charge is 2.47. The molecular weight excluding hydrogens is 388 g/mol. The summed E-state index contributed by atoms with van der Waals surface area (Å²) >= 11 is 0. The van der Waals surface area contributed by atoms with Crippen LogP contribution in [0.25, 0.3) is 0 Å². The Morgan fingerprint density at radius 2 is 1.57 bits per heavy atom. The minimum absolute atomic E-state index is 0.0203. The van der Waals surface area contributed by atoms with E-state index in [0.717, 1.165) is 11.1 Å². The number of fused-ring (bicyclic) bond motifs is 2. The van der Waals surface area contributed by atoms with Gasteiger partial charge in [0.2, 0.25) is 18.3 Å². The molecule has 0 fully saturated rings. The van der Waals surface area contributed by atoms with E-state index in [4.69, 9.17) is 33.2 Å². The van der Waals surface area contributed by atoms with Crippen molar-refractivity contribution >= 4 is 0 Å². The highest BCUT2D eigenvalue weighted by Crippen LogP contribution is 2.54. The number of ether oxygens (including phenoxy) is 7. The number of benzene rings is 2. The number of hydrogen-bond donors (Lipinski definition) is 0. The van der Waals surface area contributed by atoms with Gasteiger partial charge in [-0.1, -0.05) is 6.92 Å². The summed E-state index contributed by atoms with van der Waals surface area (Å²) in [7, 11) is 4.83. The van der Waals surface area contributed by atoms with Gasteiger partial charge in [-0.2, -0.15) is 0 Å². The molecule has 0 amide bonds. The van der Waals surface area contributed by atoms with Gasteiger partial charge in [0.1, 0.15) is 5.75 Å². The first-order valence-corrected chi connectivity index (χ1v) is 10.0. The summed E-state index contributed by atoms with van der Waals surface area (Å²) in [5, 5.41) is 0. The Kier molecular flexibility index (Phi) is 5.32. The molecule has 0 N–H and O–H groups in total. The zero-order valence-electron chi connectivity index (χ0n) is 18.2. The van der Waals surface area contributed by atoms with E-state index in [9.17, 15) is 0 Å². The molecule has 0 aromatic heterocycles. The van der Waals surface area contributed by atoms with Gasteiger partial charge in [-0.15, -0.1) is 0 Å². The molecular formula is C23H28O7. The molecule has 2 aliphatic heterocycles. The van der Waals surface area contributed by atoms with Crippen LogP contribution >= 0.6 is 0 Å². The Labute approximate surface area is 176 Å². The zero-order chi connectivity index (χ0) is 21.5. The molecule has 162 valence electrons. The highest BCUT2D eigenvalue weighted by atomic mass is 16.7. The van der Waals surface area contributed by atoms with E-state index in [0.29, 0.717) is 41.1 Å². The molecule has 7 nitrogen and oxygen atoms in total. The van der Waals surface area contributed by atoms with E-state index in [-0.39, 0.29) is 18.6 Å². The van der Waals surface area contributed by atoms with Gasteiger partial charge < -0.3 is 33.2 Å². The van der Waals surface area contributed by atoms with Crippen molar-refractivity contribution < 1.29 is 33.2 Å². The second-order valence-electron chi connectivity index (χ2n) is 7.52. The third-order valence-corrected chi connectivity index (χ3v) is 5.96. The third-order valence-electron chi connectivity index (χ3n) is 5.96. The minimum atomic E-state index is -0.819. The minimum Gasteiger partial charge on any atom is -0.493 e. The van der Waals surface area contributed by atoms with Crippen molar-refractivity contribution in [3.63, 3.8) is 0 Å². The fourth-order valence-corrected chi connectivity index (χ4v) is 4.35. The smallest absolute Gasteiger partial charge is 0.231 e. The first kappa shape index (κ1) is 20.5. The van der Waals surface area contributed by atoms with Gasteiger partial charge in [-0.3, -0.25) is 0 Å². The molecule has 3 atom stereocenters. The van der Waals surface area contributed by atoms with Gasteiger partial charge >= 0.3 is 0 Å². The van der Waals surface area contributed by atoms with E-state index in [2.05, 4.69) is 6.92 Å². The summed E-state index contributed by atoms with van der Waals surface area (Å²) in [6, 6.07) is 7.84. The van der Waals surface area contributed by atoms with E-state index in [1.807, 2.05) is 38.1 Å². The van der Waals surface area contributed by atoms with Gasteiger partial charge in [0.15, 0.2) is 23.0 Å².